The largest absolute Gasteiger partial charge is 0.514 e. The molecule has 0 spiro atoms. The summed E-state index contributed by atoms with van der Waals surface area (Å²) in [5.41, 5.74) is 7.28. The molecule has 1 aromatic carbocycles. The van der Waals surface area contributed by atoms with Crippen molar-refractivity contribution in [3.8, 4) is 11.6 Å². The highest BCUT2D eigenvalue weighted by atomic mass is 16.7. The monoisotopic (exact) mass is 564 g/mol. The van der Waals surface area contributed by atoms with Crippen molar-refractivity contribution < 1.29 is 23.9 Å². The van der Waals surface area contributed by atoms with Crippen molar-refractivity contribution in [2.75, 3.05) is 11.9 Å². The Balaban J connectivity index is 1.20. The van der Waals surface area contributed by atoms with E-state index in [1.807, 2.05) is 22.9 Å². The van der Waals surface area contributed by atoms with E-state index in [0.717, 1.165) is 36.5 Å². The number of ether oxygens (including phenoxy) is 3. The zero-order valence-electron chi connectivity index (χ0n) is 23.5. The van der Waals surface area contributed by atoms with E-state index in [1.165, 1.54) is 24.3 Å². The molecule has 5 rings (SSSR count). The van der Waals surface area contributed by atoms with Crippen LogP contribution < -0.4 is 20.5 Å². The van der Waals surface area contributed by atoms with Crippen molar-refractivity contribution in [2.24, 2.45) is 11.7 Å². The number of non-ortho nitro benzene ring substituents is 1. The highest BCUT2D eigenvalue weighted by Gasteiger charge is 2.33. The average Bonchev–Trinajstić information content (AvgIpc) is 3.53. The molecule has 3 aromatic rings. The van der Waals surface area contributed by atoms with Crippen LogP contribution in [0.3, 0.4) is 0 Å². The van der Waals surface area contributed by atoms with E-state index in [1.54, 1.807) is 6.20 Å². The van der Waals surface area contributed by atoms with Crippen LogP contribution in [0.1, 0.15) is 64.5 Å². The molecule has 2 atom stereocenters. The van der Waals surface area contributed by atoms with Gasteiger partial charge in [0.1, 0.15) is 17.7 Å². The summed E-state index contributed by atoms with van der Waals surface area (Å²) in [7, 11) is 0. The van der Waals surface area contributed by atoms with Crippen LogP contribution in [0.15, 0.2) is 48.7 Å². The second-order valence-electron chi connectivity index (χ2n) is 11.8. The van der Waals surface area contributed by atoms with Gasteiger partial charge in [0.05, 0.1) is 22.8 Å². The lowest BCUT2D eigenvalue weighted by Gasteiger charge is -2.31. The number of pyridine rings is 1. The summed E-state index contributed by atoms with van der Waals surface area (Å²) in [4.78, 5) is 27.0. The van der Waals surface area contributed by atoms with Crippen molar-refractivity contribution in [1.82, 2.24) is 14.8 Å². The van der Waals surface area contributed by atoms with Gasteiger partial charge in [-0.1, -0.05) is 0 Å². The Bertz CT molecular complexity index is 1380. The molecule has 12 nitrogen and oxygen atoms in total. The molecule has 0 saturated heterocycles. The number of nitro groups is 1. The second-order valence-corrected chi connectivity index (χ2v) is 11.8. The third-order valence-electron chi connectivity index (χ3n) is 7.42. The van der Waals surface area contributed by atoms with Gasteiger partial charge in [0.15, 0.2) is 0 Å². The van der Waals surface area contributed by atoms with E-state index in [0.29, 0.717) is 31.2 Å². The summed E-state index contributed by atoms with van der Waals surface area (Å²) in [5.74, 6) is 2.19. The number of rotatable bonds is 9. The zero-order valence-corrected chi connectivity index (χ0v) is 23.5. The summed E-state index contributed by atoms with van der Waals surface area (Å²) in [6.07, 6.45) is 4.66. The molecular formula is C29H36N6O6. The van der Waals surface area contributed by atoms with Crippen molar-refractivity contribution in [1.29, 1.82) is 0 Å². The van der Waals surface area contributed by atoms with Crippen LogP contribution in [0.2, 0.25) is 0 Å². The fourth-order valence-electron chi connectivity index (χ4n) is 5.25. The zero-order chi connectivity index (χ0) is 29.1. The van der Waals surface area contributed by atoms with Crippen LogP contribution in [0.4, 0.5) is 22.0 Å². The molecule has 218 valence electrons. The van der Waals surface area contributed by atoms with Crippen molar-refractivity contribution in [3.63, 3.8) is 0 Å². The maximum atomic E-state index is 12.3. The maximum absolute atomic E-state index is 12.3. The summed E-state index contributed by atoms with van der Waals surface area (Å²) in [5, 5.41) is 19.2. The van der Waals surface area contributed by atoms with Crippen molar-refractivity contribution in [2.45, 2.75) is 76.5 Å². The molecule has 2 saturated carbocycles. The third-order valence-corrected chi connectivity index (χ3v) is 7.42. The number of carbonyl (C=O) groups excluding carboxylic acids is 1. The molecular weight excluding hydrogens is 528 g/mol. The third kappa shape index (κ3) is 7.12. The molecule has 0 radical (unpaired) electrons. The summed E-state index contributed by atoms with van der Waals surface area (Å²) < 4.78 is 18.6. The Morgan fingerprint density at radius 2 is 1.90 bits per heavy atom. The van der Waals surface area contributed by atoms with Crippen LogP contribution in [0, 0.1) is 16.0 Å². The van der Waals surface area contributed by atoms with Crippen LogP contribution in [0.25, 0.3) is 0 Å². The molecule has 2 aliphatic rings. The Labute approximate surface area is 238 Å². The lowest BCUT2D eigenvalue weighted by atomic mass is 9.82. The smallest absolute Gasteiger partial charge is 0.477 e. The molecule has 2 heterocycles. The first kappa shape index (κ1) is 28.3. The lowest BCUT2D eigenvalue weighted by molar-refractivity contribution is -0.384. The van der Waals surface area contributed by atoms with Gasteiger partial charge in [-0.2, -0.15) is 5.10 Å². The standard InChI is InChI=1S/C29H36N6O6/c1-29(2,3)34-26(32-21-10-11-31-27(15-21)39-17-18-12-20(30)13-18)16-25(33-34)19-4-7-24(14-19)41-28(36)40-23-8-5-22(6-9-23)35(37)38/h5-6,8-11,15-16,18-20,24H,4,7,12-14,17,30H2,1-3H3,(H,31,32)/t18?,19-,20?,24+/m0/s1. The number of nitrogens with one attached hydrogen (secondary N) is 1. The number of nitrogens with zero attached hydrogens (tertiary/aromatic N) is 4. The molecule has 41 heavy (non-hydrogen) atoms. The number of nitrogens with two attached hydrogens (primary N) is 1. The average molecular weight is 565 g/mol. The van der Waals surface area contributed by atoms with Gasteiger partial charge in [-0.3, -0.25) is 10.1 Å². The van der Waals surface area contributed by atoms with Gasteiger partial charge in [0.25, 0.3) is 5.69 Å². The lowest BCUT2D eigenvalue weighted by Crippen LogP contribution is -2.39. The number of hydrogen-bond donors (Lipinski definition) is 2. The predicted octanol–water partition coefficient (Wildman–Crippen LogP) is 5.65. The Hall–Kier alpha value is -4.19. The van der Waals surface area contributed by atoms with E-state index < -0.39 is 11.1 Å². The van der Waals surface area contributed by atoms with Gasteiger partial charge in [-0.25, -0.2) is 14.5 Å². The minimum absolute atomic E-state index is 0.0832. The normalized spacial score (nSPS) is 22.0. The van der Waals surface area contributed by atoms with E-state index in [9.17, 15) is 14.9 Å². The minimum Gasteiger partial charge on any atom is -0.477 e. The van der Waals surface area contributed by atoms with Gasteiger partial charge in [0, 0.05) is 48.1 Å². The number of carbonyl (C=O) groups is 1. The Kier molecular flexibility index (Phi) is 8.11. The van der Waals surface area contributed by atoms with Crippen LogP contribution >= 0.6 is 0 Å². The van der Waals surface area contributed by atoms with Crippen LogP contribution in [-0.4, -0.2) is 44.6 Å². The summed E-state index contributed by atoms with van der Waals surface area (Å²) >= 11 is 0. The molecule has 3 N–H and O–H groups in total. The van der Waals surface area contributed by atoms with E-state index in [-0.39, 0.29) is 35.0 Å². The fourth-order valence-corrected chi connectivity index (χ4v) is 5.25. The molecule has 2 aromatic heterocycles. The maximum Gasteiger partial charge on any atom is 0.514 e. The van der Waals surface area contributed by atoms with E-state index in [2.05, 4.69) is 31.1 Å². The van der Waals surface area contributed by atoms with Crippen LogP contribution in [0.5, 0.6) is 11.6 Å². The highest BCUT2D eigenvalue weighted by molar-refractivity contribution is 5.64. The topological polar surface area (TPSA) is 157 Å². The first-order chi connectivity index (χ1) is 19.5. The number of benzene rings is 1. The second kappa shape index (κ2) is 11.7. The summed E-state index contributed by atoms with van der Waals surface area (Å²) in [6.45, 7) is 6.89. The molecule has 0 unspecified atom stereocenters. The number of hydrogen-bond acceptors (Lipinski definition) is 10. The first-order valence-electron chi connectivity index (χ1n) is 13.9. The number of aromatic nitrogens is 3. The van der Waals surface area contributed by atoms with Gasteiger partial charge in [-0.05, 0) is 77.0 Å². The van der Waals surface area contributed by atoms with Crippen molar-refractivity contribution in [3.05, 3.63) is 64.5 Å². The summed E-state index contributed by atoms with van der Waals surface area (Å²) in [6, 6.07) is 11.4. The Morgan fingerprint density at radius 1 is 1.15 bits per heavy atom. The van der Waals surface area contributed by atoms with E-state index in [4.69, 9.17) is 25.0 Å². The fraction of sp³-hybridized carbons (Fsp3) is 0.483. The molecule has 2 fully saturated rings. The minimum atomic E-state index is -0.831. The van der Waals surface area contributed by atoms with Crippen LogP contribution in [-0.2, 0) is 10.3 Å². The molecule has 0 amide bonds. The molecule has 12 heteroatoms. The van der Waals surface area contributed by atoms with E-state index >= 15 is 0 Å². The molecule has 2 aliphatic carbocycles. The highest BCUT2D eigenvalue weighted by Crippen LogP contribution is 2.38. The Morgan fingerprint density at radius 3 is 2.59 bits per heavy atom. The van der Waals surface area contributed by atoms with Crippen molar-refractivity contribution >= 4 is 23.3 Å². The quantitative estimate of drug-likeness (QED) is 0.144. The number of anilines is 2. The molecule has 0 aliphatic heterocycles. The van der Waals surface area contributed by atoms with Gasteiger partial charge in [0.2, 0.25) is 5.88 Å². The first-order valence-corrected chi connectivity index (χ1v) is 13.9. The SMILES string of the molecule is CC(C)(C)n1nc([C@H]2CC[C@@H](OC(=O)Oc3ccc([N+](=O)[O-])cc3)C2)cc1Nc1ccnc(OCC2CC(N)C2)c1. The van der Waals surface area contributed by atoms with Gasteiger partial charge in [-0.15, -0.1) is 0 Å². The number of nitro benzene ring substituents is 1. The predicted molar refractivity (Wildman–Crippen MR) is 152 cm³/mol. The van der Waals surface area contributed by atoms with Gasteiger partial charge >= 0.3 is 6.16 Å². The van der Waals surface area contributed by atoms with Gasteiger partial charge < -0.3 is 25.3 Å². The molecule has 0 bridgehead atoms.